The van der Waals surface area contributed by atoms with Crippen molar-refractivity contribution in [1.29, 1.82) is 0 Å². The van der Waals surface area contributed by atoms with E-state index in [2.05, 4.69) is 25.2 Å². The van der Waals surface area contributed by atoms with Gasteiger partial charge in [-0.3, -0.25) is 4.57 Å². The van der Waals surface area contributed by atoms with E-state index in [0.29, 0.717) is 17.7 Å². The van der Waals surface area contributed by atoms with Crippen molar-refractivity contribution in [2.75, 3.05) is 29.9 Å². The fourth-order valence-electron chi connectivity index (χ4n) is 4.10. The molecule has 1 aliphatic rings. The van der Waals surface area contributed by atoms with Crippen molar-refractivity contribution in [3.05, 3.63) is 66.1 Å². The van der Waals surface area contributed by atoms with Crippen LogP contribution in [0, 0.1) is 11.6 Å². The van der Waals surface area contributed by atoms with Crippen molar-refractivity contribution < 1.29 is 13.3 Å². The van der Waals surface area contributed by atoms with Crippen LogP contribution in [0.3, 0.4) is 0 Å². The van der Waals surface area contributed by atoms with Crippen molar-refractivity contribution in [3.63, 3.8) is 0 Å². The molecule has 10 heteroatoms. The number of rotatable bonds is 5. The zero-order valence-corrected chi connectivity index (χ0v) is 18.3. The Bertz CT molecular complexity index is 1230. The molecule has 2 aromatic carbocycles. The van der Waals surface area contributed by atoms with Crippen LogP contribution in [0.15, 0.2) is 53.1 Å². The van der Waals surface area contributed by atoms with E-state index in [-0.39, 0.29) is 17.6 Å². The highest BCUT2D eigenvalue weighted by Crippen LogP contribution is 2.31. The van der Waals surface area contributed by atoms with Gasteiger partial charge in [0.1, 0.15) is 11.6 Å². The maximum atomic E-state index is 13.2. The van der Waals surface area contributed by atoms with E-state index < -0.39 is 0 Å². The molecule has 1 fully saturated rings. The summed E-state index contributed by atoms with van der Waals surface area (Å²) < 4.78 is 33.8. The van der Waals surface area contributed by atoms with Gasteiger partial charge >= 0.3 is 0 Å². The Labute approximate surface area is 189 Å². The van der Waals surface area contributed by atoms with Crippen molar-refractivity contribution in [3.8, 4) is 11.4 Å². The topological polar surface area (TPSA) is 76.1 Å². The van der Waals surface area contributed by atoms with Crippen LogP contribution in [0.4, 0.5) is 26.4 Å². The Hall–Kier alpha value is -3.82. The van der Waals surface area contributed by atoms with Crippen molar-refractivity contribution >= 4 is 17.6 Å². The second-order valence-corrected chi connectivity index (χ2v) is 8.12. The second-order valence-electron chi connectivity index (χ2n) is 8.12. The van der Waals surface area contributed by atoms with Gasteiger partial charge in [-0.15, -0.1) is 10.2 Å². The number of aromatic nitrogens is 5. The number of hydrogen-bond donors (Lipinski definition) is 0. The minimum atomic E-state index is -0.300. The Morgan fingerprint density at radius 1 is 0.939 bits per heavy atom. The summed E-state index contributed by atoms with van der Waals surface area (Å²) in [6.07, 6.45) is 1.67. The van der Waals surface area contributed by atoms with Gasteiger partial charge in [0.25, 0.3) is 0 Å². The van der Waals surface area contributed by atoms with Crippen LogP contribution >= 0.6 is 0 Å². The molecule has 0 unspecified atom stereocenters. The summed E-state index contributed by atoms with van der Waals surface area (Å²) in [6.45, 7) is 1.54. The fraction of sp³-hybridized carbons (Fsp3) is 0.304. The minimum absolute atomic E-state index is 0.150. The first-order valence-corrected chi connectivity index (χ1v) is 10.7. The molecule has 0 radical (unpaired) electrons. The van der Waals surface area contributed by atoms with Crippen LogP contribution in [0.1, 0.15) is 24.7 Å². The van der Waals surface area contributed by atoms with E-state index in [1.165, 1.54) is 24.3 Å². The van der Waals surface area contributed by atoms with Gasteiger partial charge in [0.15, 0.2) is 0 Å². The number of anilines is 3. The molecule has 1 aliphatic heterocycles. The molecule has 0 amide bonds. The lowest BCUT2D eigenvalue weighted by Gasteiger charge is -2.31. The fourth-order valence-corrected chi connectivity index (χ4v) is 4.10. The van der Waals surface area contributed by atoms with Crippen LogP contribution in [-0.2, 0) is 7.05 Å². The first-order valence-electron chi connectivity index (χ1n) is 10.7. The maximum absolute atomic E-state index is 13.2. The van der Waals surface area contributed by atoms with Gasteiger partial charge in [0, 0.05) is 44.4 Å². The van der Waals surface area contributed by atoms with Crippen molar-refractivity contribution in [2.24, 2.45) is 7.05 Å². The third kappa shape index (κ3) is 4.15. The highest BCUT2D eigenvalue weighted by atomic mass is 19.1. The van der Waals surface area contributed by atoms with Gasteiger partial charge < -0.3 is 14.3 Å². The van der Waals surface area contributed by atoms with Gasteiger partial charge in [-0.1, -0.05) is 5.16 Å². The van der Waals surface area contributed by atoms with Gasteiger partial charge in [-0.05, 0) is 61.4 Å². The summed E-state index contributed by atoms with van der Waals surface area (Å²) >= 11 is 0. The molecule has 0 spiro atoms. The third-order valence-electron chi connectivity index (χ3n) is 6.01. The lowest BCUT2D eigenvalue weighted by molar-refractivity contribution is 0.328. The van der Waals surface area contributed by atoms with E-state index in [0.717, 1.165) is 43.1 Å². The minimum Gasteiger partial charge on any atom is -0.341 e. The van der Waals surface area contributed by atoms with E-state index >= 15 is 0 Å². The van der Waals surface area contributed by atoms with Crippen LogP contribution in [0.5, 0.6) is 0 Å². The molecule has 1 saturated heterocycles. The summed E-state index contributed by atoms with van der Waals surface area (Å²) in [4.78, 5) is 8.59. The zero-order valence-electron chi connectivity index (χ0n) is 18.3. The summed E-state index contributed by atoms with van der Waals surface area (Å²) in [5.41, 5.74) is 1.55. The molecule has 3 heterocycles. The number of nitrogens with zero attached hydrogens (tertiary/aromatic N) is 7. The summed E-state index contributed by atoms with van der Waals surface area (Å²) in [7, 11) is 3.80. The highest BCUT2D eigenvalue weighted by Gasteiger charge is 2.28. The van der Waals surface area contributed by atoms with Gasteiger partial charge in [0.05, 0.1) is 0 Å². The lowest BCUT2D eigenvalue weighted by Crippen LogP contribution is -2.34. The molecular weight excluding hydrogens is 428 g/mol. The number of hydrogen-bond acceptors (Lipinski definition) is 7. The largest absolute Gasteiger partial charge is 0.341 e. The Morgan fingerprint density at radius 2 is 1.58 bits per heavy atom. The third-order valence-corrected chi connectivity index (χ3v) is 6.01. The molecule has 8 nitrogen and oxygen atoms in total. The first kappa shape index (κ1) is 21.0. The maximum Gasteiger partial charge on any atom is 0.232 e. The molecule has 4 aromatic rings. The van der Waals surface area contributed by atoms with Crippen LogP contribution in [0.2, 0.25) is 0 Å². The van der Waals surface area contributed by atoms with Gasteiger partial charge in [-0.25, -0.2) is 8.78 Å². The number of halogens is 2. The Kier molecular flexibility index (Phi) is 5.49. The van der Waals surface area contributed by atoms with Crippen molar-refractivity contribution in [1.82, 2.24) is 24.9 Å². The molecule has 0 N–H and O–H groups in total. The lowest BCUT2D eigenvalue weighted by atomic mass is 9.97. The molecule has 0 saturated carbocycles. The second kappa shape index (κ2) is 8.61. The molecule has 2 aromatic heterocycles. The van der Waals surface area contributed by atoms with Crippen LogP contribution in [0.25, 0.3) is 11.4 Å². The van der Waals surface area contributed by atoms with E-state index in [4.69, 9.17) is 4.52 Å². The number of benzene rings is 2. The smallest absolute Gasteiger partial charge is 0.232 e. The molecular formula is C23H23F2N7O. The zero-order chi connectivity index (χ0) is 22.9. The molecule has 5 rings (SSSR count). The average molecular weight is 451 g/mol. The summed E-state index contributed by atoms with van der Waals surface area (Å²) in [5, 5.41) is 12.8. The van der Waals surface area contributed by atoms with Gasteiger partial charge in [-0.2, -0.15) is 4.98 Å². The van der Waals surface area contributed by atoms with Crippen LogP contribution < -0.4 is 9.80 Å². The molecule has 170 valence electrons. The van der Waals surface area contributed by atoms with Gasteiger partial charge in [0.2, 0.25) is 23.6 Å². The Balaban J connectivity index is 1.25. The Morgan fingerprint density at radius 3 is 2.24 bits per heavy atom. The molecule has 0 atom stereocenters. The quantitative estimate of drug-likeness (QED) is 0.448. The van der Waals surface area contributed by atoms with Crippen LogP contribution in [-0.4, -0.2) is 45.0 Å². The standard InChI is InChI=1S/C23H23F2N7O/c1-30(19-9-7-18(25)8-10-19)22-27-28-23(31(22)2)32-13-11-16(12-14-32)21-26-20(29-33-21)15-3-5-17(24)6-4-15/h3-10,16H,11-14H2,1-2H3. The predicted molar refractivity (Wildman–Crippen MR) is 119 cm³/mol. The van der Waals surface area contributed by atoms with E-state index in [1.807, 2.05) is 23.6 Å². The average Bonchev–Trinajstić information content (AvgIpc) is 3.47. The molecule has 0 bridgehead atoms. The summed E-state index contributed by atoms with van der Waals surface area (Å²) in [6, 6.07) is 12.3. The SMILES string of the molecule is CN(c1ccc(F)cc1)c1nnc(N2CCC(c3nc(-c4ccc(F)cc4)no3)CC2)n1C. The monoisotopic (exact) mass is 451 g/mol. The molecule has 33 heavy (non-hydrogen) atoms. The van der Waals surface area contributed by atoms with E-state index in [1.54, 1.807) is 24.3 Å². The molecule has 0 aliphatic carbocycles. The highest BCUT2D eigenvalue weighted by molar-refractivity contribution is 5.58. The number of piperidine rings is 1. The van der Waals surface area contributed by atoms with E-state index in [9.17, 15) is 8.78 Å². The normalized spacial score (nSPS) is 14.6. The first-order chi connectivity index (χ1) is 16.0. The predicted octanol–water partition coefficient (Wildman–Crippen LogP) is 4.30. The summed E-state index contributed by atoms with van der Waals surface area (Å²) in [5.74, 6) is 2.08. The van der Waals surface area contributed by atoms with Crippen molar-refractivity contribution in [2.45, 2.75) is 18.8 Å².